The monoisotopic (exact) mass is 284 g/mol. The van der Waals surface area contributed by atoms with Crippen LogP contribution in [0.25, 0.3) is 0 Å². The normalized spacial score (nSPS) is 20.6. The largest absolute Gasteiger partial charge is 0.409 e. The topological polar surface area (TPSA) is 101 Å². The van der Waals surface area contributed by atoms with Gasteiger partial charge in [-0.05, 0) is 13.8 Å². The van der Waals surface area contributed by atoms with E-state index in [1.807, 2.05) is 13.8 Å². The Labute approximate surface area is 114 Å². The molecule has 1 amide bonds. The van der Waals surface area contributed by atoms with Gasteiger partial charge in [-0.2, -0.15) is 0 Å². The van der Waals surface area contributed by atoms with Crippen LogP contribution in [0.5, 0.6) is 0 Å². The minimum Gasteiger partial charge on any atom is -0.409 e. The average Bonchev–Trinajstić information content (AvgIpc) is 2.76. The Kier molecular flexibility index (Phi) is 4.01. The SMILES string of the molecule is Cc1nc(C)c(C(=O)N2CCOC(C(N)=NO)C2)s1. The second-order valence-corrected chi connectivity index (χ2v) is 5.49. The Bertz CT molecular complexity index is 514. The van der Waals surface area contributed by atoms with Crippen LogP contribution in [0.1, 0.15) is 20.4 Å². The Morgan fingerprint density at radius 1 is 1.63 bits per heavy atom. The van der Waals surface area contributed by atoms with Crippen molar-refractivity contribution in [3.8, 4) is 0 Å². The highest BCUT2D eigenvalue weighted by Crippen LogP contribution is 2.20. The van der Waals surface area contributed by atoms with Crippen LogP contribution in [0.4, 0.5) is 0 Å². The Balaban J connectivity index is 2.13. The van der Waals surface area contributed by atoms with E-state index >= 15 is 0 Å². The van der Waals surface area contributed by atoms with Crippen molar-refractivity contribution < 1.29 is 14.7 Å². The van der Waals surface area contributed by atoms with Crippen LogP contribution in [-0.4, -0.2) is 52.6 Å². The fraction of sp³-hybridized carbons (Fsp3) is 0.545. The molecule has 2 heterocycles. The van der Waals surface area contributed by atoms with Crippen molar-refractivity contribution in [3.05, 3.63) is 15.6 Å². The van der Waals surface area contributed by atoms with E-state index in [4.69, 9.17) is 15.7 Å². The van der Waals surface area contributed by atoms with Gasteiger partial charge in [-0.3, -0.25) is 4.79 Å². The maximum absolute atomic E-state index is 12.4. The number of morpholine rings is 1. The second-order valence-electron chi connectivity index (χ2n) is 4.28. The summed E-state index contributed by atoms with van der Waals surface area (Å²) in [5.74, 6) is -0.100. The van der Waals surface area contributed by atoms with E-state index in [-0.39, 0.29) is 18.3 Å². The number of carbonyl (C=O) groups excluding carboxylic acids is 1. The van der Waals surface area contributed by atoms with Crippen LogP contribution in [0, 0.1) is 13.8 Å². The van der Waals surface area contributed by atoms with E-state index in [2.05, 4.69) is 10.1 Å². The number of oxime groups is 1. The minimum atomic E-state index is -0.558. The summed E-state index contributed by atoms with van der Waals surface area (Å²) in [5, 5.41) is 12.4. The van der Waals surface area contributed by atoms with Gasteiger partial charge in [-0.1, -0.05) is 5.16 Å². The predicted octanol–water partition coefficient (Wildman–Crippen LogP) is 0.347. The fourth-order valence-electron chi connectivity index (χ4n) is 1.95. The first-order valence-corrected chi connectivity index (χ1v) is 6.67. The number of aryl methyl sites for hydroxylation is 2. The Morgan fingerprint density at radius 3 is 2.95 bits per heavy atom. The summed E-state index contributed by atoms with van der Waals surface area (Å²) in [4.78, 5) is 18.9. The number of hydrogen-bond donors (Lipinski definition) is 2. The minimum absolute atomic E-state index is 0.0188. The van der Waals surface area contributed by atoms with Gasteiger partial charge in [0.15, 0.2) is 5.84 Å². The van der Waals surface area contributed by atoms with E-state index in [0.717, 1.165) is 10.7 Å². The highest BCUT2D eigenvalue weighted by Gasteiger charge is 2.29. The summed E-state index contributed by atoms with van der Waals surface area (Å²) in [7, 11) is 0. The van der Waals surface area contributed by atoms with Gasteiger partial charge in [-0.25, -0.2) is 4.98 Å². The van der Waals surface area contributed by atoms with Gasteiger partial charge in [0.1, 0.15) is 11.0 Å². The quantitative estimate of drug-likeness (QED) is 0.353. The third-order valence-electron chi connectivity index (χ3n) is 2.90. The lowest BCUT2D eigenvalue weighted by atomic mass is 10.2. The number of nitrogens with zero attached hydrogens (tertiary/aromatic N) is 3. The fourth-order valence-corrected chi connectivity index (χ4v) is 2.84. The molecule has 1 atom stereocenters. The Hall–Kier alpha value is -1.67. The molecule has 7 nitrogen and oxygen atoms in total. The molecular weight excluding hydrogens is 268 g/mol. The zero-order valence-corrected chi connectivity index (χ0v) is 11.6. The summed E-state index contributed by atoms with van der Waals surface area (Å²) >= 11 is 1.38. The highest BCUT2D eigenvalue weighted by atomic mass is 32.1. The lowest BCUT2D eigenvalue weighted by Crippen LogP contribution is -2.50. The van der Waals surface area contributed by atoms with Gasteiger partial charge >= 0.3 is 0 Å². The summed E-state index contributed by atoms with van der Waals surface area (Å²) in [6.07, 6.45) is -0.558. The number of amidine groups is 1. The first-order chi connectivity index (χ1) is 9.02. The number of aromatic nitrogens is 1. The molecule has 0 spiro atoms. The number of amides is 1. The number of thiazole rings is 1. The highest BCUT2D eigenvalue weighted by molar-refractivity contribution is 7.13. The zero-order chi connectivity index (χ0) is 14.0. The number of carbonyl (C=O) groups is 1. The first kappa shape index (κ1) is 13.8. The van der Waals surface area contributed by atoms with Gasteiger partial charge in [-0.15, -0.1) is 11.3 Å². The maximum Gasteiger partial charge on any atom is 0.266 e. The van der Waals surface area contributed by atoms with Crippen LogP contribution in [-0.2, 0) is 4.74 Å². The lowest BCUT2D eigenvalue weighted by Gasteiger charge is -2.31. The van der Waals surface area contributed by atoms with Gasteiger partial charge in [0.2, 0.25) is 0 Å². The van der Waals surface area contributed by atoms with E-state index in [1.165, 1.54) is 11.3 Å². The molecule has 1 aromatic rings. The molecule has 8 heteroatoms. The van der Waals surface area contributed by atoms with E-state index in [0.29, 0.717) is 18.0 Å². The molecule has 1 saturated heterocycles. The molecule has 3 N–H and O–H groups in total. The molecule has 104 valence electrons. The second kappa shape index (κ2) is 5.54. The summed E-state index contributed by atoms with van der Waals surface area (Å²) in [5.41, 5.74) is 6.25. The molecule has 0 radical (unpaired) electrons. The molecule has 19 heavy (non-hydrogen) atoms. The molecule has 0 saturated carbocycles. The smallest absolute Gasteiger partial charge is 0.266 e. The van der Waals surface area contributed by atoms with Crippen molar-refractivity contribution in [1.82, 2.24) is 9.88 Å². The molecule has 2 rings (SSSR count). The standard InChI is InChI=1S/C11H16N4O3S/c1-6-9(19-7(2)13-6)11(16)15-3-4-18-8(5-15)10(12)14-17/h8,17H,3-5H2,1-2H3,(H2,12,14). The van der Waals surface area contributed by atoms with Gasteiger partial charge < -0.3 is 20.6 Å². The first-order valence-electron chi connectivity index (χ1n) is 5.85. The zero-order valence-electron chi connectivity index (χ0n) is 10.8. The lowest BCUT2D eigenvalue weighted by molar-refractivity contribution is 0.00694. The molecule has 1 fully saturated rings. The van der Waals surface area contributed by atoms with Crippen LogP contribution in [0.15, 0.2) is 5.16 Å². The molecule has 1 aromatic heterocycles. The summed E-state index contributed by atoms with van der Waals surface area (Å²) in [6, 6.07) is 0. The van der Waals surface area contributed by atoms with Gasteiger partial charge in [0.25, 0.3) is 5.91 Å². The summed E-state index contributed by atoms with van der Waals surface area (Å²) < 4.78 is 5.36. The molecule has 1 aliphatic rings. The van der Waals surface area contributed by atoms with Crippen molar-refractivity contribution in [2.75, 3.05) is 19.7 Å². The number of hydrogen-bond acceptors (Lipinski definition) is 6. The number of nitrogens with two attached hydrogens (primary N) is 1. The van der Waals surface area contributed by atoms with Crippen LogP contribution in [0.3, 0.4) is 0 Å². The van der Waals surface area contributed by atoms with Crippen molar-refractivity contribution in [3.63, 3.8) is 0 Å². The molecule has 0 aliphatic carbocycles. The third kappa shape index (κ3) is 2.85. The van der Waals surface area contributed by atoms with Gasteiger partial charge in [0, 0.05) is 6.54 Å². The molecule has 1 aliphatic heterocycles. The van der Waals surface area contributed by atoms with E-state index in [1.54, 1.807) is 4.90 Å². The Morgan fingerprint density at radius 2 is 2.37 bits per heavy atom. The number of ether oxygens (including phenoxy) is 1. The van der Waals surface area contributed by atoms with Crippen molar-refractivity contribution in [1.29, 1.82) is 0 Å². The molecular formula is C11H16N4O3S. The van der Waals surface area contributed by atoms with Crippen molar-refractivity contribution in [2.45, 2.75) is 20.0 Å². The average molecular weight is 284 g/mol. The number of rotatable bonds is 2. The molecule has 0 aromatic carbocycles. The van der Waals surface area contributed by atoms with E-state index < -0.39 is 6.10 Å². The van der Waals surface area contributed by atoms with Gasteiger partial charge in [0.05, 0.1) is 23.9 Å². The van der Waals surface area contributed by atoms with E-state index in [9.17, 15) is 4.79 Å². The van der Waals surface area contributed by atoms with Crippen LogP contribution in [0.2, 0.25) is 0 Å². The van der Waals surface area contributed by atoms with Crippen LogP contribution < -0.4 is 5.73 Å². The molecule has 0 bridgehead atoms. The predicted molar refractivity (Wildman–Crippen MR) is 70.6 cm³/mol. The summed E-state index contributed by atoms with van der Waals surface area (Å²) in [6.45, 7) is 4.82. The third-order valence-corrected chi connectivity index (χ3v) is 3.96. The van der Waals surface area contributed by atoms with Crippen molar-refractivity contribution >= 4 is 23.1 Å². The molecule has 1 unspecified atom stereocenters. The van der Waals surface area contributed by atoms with Crippen molar-refractivity contribution in [2.24, 2.45) is 10.9 Å². The van der Waals surface area contributed by atoms with Crippen LogP contribution >= 0.6 is 11.3 Å². The maximum atomic E-state index is 12.4.